The third kappa shape index (κ3) is 3.72. The van der Waals surface area contributed by atoms with Gasteiger partial charge in [0, 0.05) is 17.6 Å². The molecule has 7 nitrogen and oxygen atoms in total. The highest BCUT2D eigenvalue weighted by molar-refractivity contribution is 6.10. The van der Waals surface area contributed by atoms with Crippen LogP contribution in [0.5, 0.6) is 0 Å². The molecule has 0 saturated carbocycles. The molecule has 0 aliphatic heterocycles. The van der Waals surface area contributed by atoms with E-state index in [1.165, 1.54) is 28.7 Å². The standard InChI is InChI=1S/C22H14FN5O2/c23-15-6-10-17(11-7-15)26-22(30)20-27-19(18-3-1-2-12-28(18)20)21(29)25-16-8-4-14(13-24)5-9-16/h1-12H,(H,25,29)(H,26,30). The highest BCUT2D eigenvalue weighted by atomic mass is 19.1. The average molecular weight is 399 g/mol. The molecule has 0 unspecified atom stereocenters. The van der Waals surface area contributed by atoms with Gasteiger partial charge in [-0.3, -0.25) is 14.0 Å². The summed E-state index contributed by atoms with van der Waals surface area (Å²) < 4.78 is 14.6. The highest BCUT2D eigenvalue weighted by Gasteiger charge is 2.21. The van der Waals surface area contributed by atoms with Crippen LogP contribution < -0.4 is 10.6 Å². The molecule has 30 heavy (non-hydrogen) atoms. The first kappa shape index (κ1) is 18.8. The van der Waals surface area contributed by atoms with Crippen LogP contribution in [-0.4, -0.2) is 21.2 Å². The Balaban J connectivity index is 1.64. The van der Waals surface area contributed by atoms with Crippen LogP contribution in [-0.2, 0) is 0 Å². The van der Waals surface area contributed by atoms with Gasteiger partial charge in [-0.15, -0.1) is 0 Å². The quantitative estimate of drug-likeness (QED) is 0.544. The SMILES string of the molecule is N#Cc1ccc(NC(=O)c2nc(C(=O)Nc3ccc(F)cc3)n3ccccc23)cc1. The number of fused-ring (bicyclic) bond motifs is 1. The molecule has 0 bridgehead atoms. The number of anilines is 2. The van der Waals surface area contributed by atoms with Gasteiger partial charge in [0.15, 0.2) is 5.69 Å². The van der Waals surface area contributed by atoms with Crippen LogP contribution >= 0.6 is 0 Å². The first-order chi connectivity index (χ1) is 14.5. The lowest BCUT2D eigenvalue weighted by atomic mass is 10.2. The smallest absolute Gasteiger partial charge is 0.292 e. The number of carbonyl (C=O) groups is 2. The van der Waals surface area contributed by atoms with Gasteiger partial charge in [-0.1, -0.05) is 6.07 Å². The molecule has 2 amide bonds. The highest BCUT2D eigenvalue weighted by Crippen LogP contribution is 2.18. The molecule has 0 aliphatic rings. The van der Waals surface area contributed by atoms with Crippen molar-refractivity contribution >= 4 is 28.7 Å². The number of carbonyl (C=O) groups excluding carboxylic acids is 2. The van der Waals surface area contributed by atoms with Crippen molar-refractivity contribution in [2.24, 2.45) is 0 Å². The fourth-order valence-corrected chi connectivity index (χ4v) is 2.90. The van der Waals surface area contributed by atoms with E-state index in [9.17, 15) is 14.0 Å². The minimum absolute atomic E-state index is 0.0138. The van der Waals surface area contributed by atoms with Crippen molar-refractivity contribution < 1.29 is 14.0 Å². The summed E-state index contributed by atoms with van der Waals surface area (Å²) >= 11 is 0. The number of pyridine rings is 1. The summed E-state index contributed by atoms with van der Waals surface area (Å²) in [6.07, 6.45) is 1.63. The van der Waals surface area contributed by atoms with Gasteiger partial charge in [0.05, 0.1) is 17.1 Å². The number of hydrogen-bond donors (Lipinski definition) is 2. The predicted molar refractivity (Wildman–Crippen MR) is 109 cm³/mol. The van der Waals surface area contributed by atoms with Crippen molar-refractivity contribution in [2.75, 3.05) is 10.6 Å². The lowest BCUT2D eigenvalue weighted by molar-refractivity contribution is 0.101. The summed E-state index contributed by atoms with van der Waals surface area (Å²) in [6.45, 7) is 0. The van der Waals surface area contributed by atoms with Crippen molar-refractivity contribution in [3.05, 3.63) is 95.8 Å². The number of benzene rings is 2. The molecule has 0 radical (unpaired) electrons. The molecule has 2 N–H and O–H groups in total. The summed E-state index contributed by atoms with van der Waals surface area (Å²) in [5.74, 6) is -1.44. The fraction of sp³-hybridized carbons (Fsp3) is 0. The van der Waals surface area contributed by atoms with Crippen LogP contribution in [0.3, 0.4) is 0 Å². The zero-order chi connectivity index (χ0) is 21.1. The first-order valence-electron chi connectivity index (χ1n) is 8.90. The Kier molecular flexibility index (Phi) is 4.93. The Morgan fingerprint density at radius 1 is 0.900 bits per heavy atom. The van der Waals surface area contributed by atoms with Crippen molar-refractivity contribution in [1.82, 2.24) is 9.38 Å². The van der Waals surface area contributed by atoms with E-state index in [1.54, 1.807) is 48.7 Å². The maximum atomic E-state index is 13.1. The second-order valence-corrected chi connectivity index (χ2v) is 6.34. The molecule has 0 aliphatic carbocycles. The Labute approximate surface area is 170 Å². The van der Waals surface area contributed by atoms with Crippen LogP contribution in [0.25, 0.3) is 5.52 Å². The zero-order valence-electron chi connectivity index (χ0n) is 15.5. The number of halogens is 1. The van der Waals surface area contributed by atoms with E-state index in [4.69, 9.17) is 5.26 Å². The second kappa shape index (κ2) is 7.85. The summed E-state index contributed by atoms with van der Waals surface area (Å²) in [4.78, 5) is 29.8. The van der Waals surface area contributed by atoms with E-state index in [1.807, 2.05) is 6.07 Å². The Morgan fingerprint density at radius 3 is 2.20 bits per heavy atom. The number of nitriles is 1. The van der Waals surface area contributed by atoms with Crippen molar-refractivity contribution in [2.45, 2.75) is 0 Å². The minimum atomic E-state index is -0.541. The van der Waals surface area contributed by atoms with Gasteiger partial charge in [0.25, 0.3) is 11.8 Å². The number of imidazole rings is 1. The van der Waals surface area contributed by atoms with E-state index in [0.29, 0.717) is 22.5 Å². The molecule has 2 aromatic carbocycles. The molecule has 0 fully saturated rings. The topological polar surface area (TPSA) is 99.3 Å². The molecule has 2 heterocycles. The number of nitrogens with one attached hydrogen (secondary N) is 2. The lowest BCUT2D eigenvalue weighted by Gasteiger charge is -2.04. The molecule has 0 spiro atoms. The first-order valence-corrected chi connectivity index (χ1v) is 8.90. The Bertz CT molecular complexity index is 1290. The van der Waals surface area contributed by atoms with E-state index in [-0.39, 0.29) is 11.5 Å². The van der Waals surface area contributed by atoms with Gasteiger partial charge in [0.1, 0.15) is 5.82 Å². The summed E-state index contributed by atoms with van der Waals surface area (Å²) in [6, 6.07) is 18.8. The Morgan fingerprint density at radius 2 is 1.53 bits per heavy atom. The van der Waals surface area contributed by atoms with Crippen molar-refractivity contribution in [3.8, 4) is 6.07 Å². The third-order valence-electron chi connectivity index (χ3n) is 4.34. The van der Waals surface area contributed by atoms with Crippen LogP contribution in [0.1, 0.15) is 26.7 Å². The monoisotopic (exact) mass is 399 g/mol. The Hall–Kier alpha value is -4.51. The lowest BCUT2D eigenvalue weighted by Crippen LogP contribution is -2.16. The second-order valence-electron chi connectivity index (χ2n) is 6.34. The molecule has 2 aromatic heterocycles. The van der Waals surface area contributed by atoms with Gasteiger partial charge in [-0.25, -0.2) is 9.37 Å². The molecule has 8 heteroatoms. The summed E-state index contributed by atoms with van der Waals surface area (Å²) in [7, 11) is 0. The normalized spacial score (nSPS) is 10.4. The van der Waals surface area contributed by atoms with Crippen LogP contribution in [0.4, 0.5) is 15.8 Å². The molecule has 0 saturated heterocycles. The average Bonchev–Trinajstić information content (AvgIpc) is 3.16. The van der Waals surface area contributed by atoms with Gasteiger partial charge >= 0.3 is 0 Å². The fourth-order valence-electron chi connectivity index (χ4n) is 2.90. The van der Waals surface area contributed by atoms with Crippen LogP contribution in [0, 0.1) is 17.1 Å². The van der Waals surface area contributed by atoms with Crippen LogP contribution in [0.2, 0.25) is 0 Å². The summed E-state index contributed by atoms with van der Waals surface area (Å²) in [5, 5.41) is 14.2. The number of amides is 2. The summed E-state index contributed by atoms with van der Waals surface area (Å²) in [5.41, 5.74) is 1.89. The van der Waals surface area contributed by atoms with Gasteiger partial charge in [-0.2, -0.15) is 5.26 Å². The largest absolute Gasteiger partial charge is 0.321 e. The van der Waals surface area contributed by atoms with Crippen molar-refractivity contribution in [1.29, 1.82) is 5.26 Å². The number of rotatable bonds is 4. The van der Waals surface area contributed by atoms with E-state index in [0.717, 1.165) is 0 Å². The maximum absolute atomic E-state index is 13.1. The molecule has 4 aromatic rings. The molecule has 146 valence electrons. The number of nitrogens with zero attached hydrogens (tertiary/aromatic N) is 3. The minimum Gasteiger partial charge on any atom is -0.321 e. The van der Waals surface area contributed by atoms with E-state index in [2.05, 4.69) is 15.6 Å². The molecule has 0 atom stereocenters. The molecular weight excluding hydrogens is 385 g/mol. The maximum Gasteiger partial charge on any atom is 0.292 e. The molecular formula is C22H14FN5O2. The van der Waals surface area contributed by atoms with E-state index >= 15 is 0 Å². The predicted octanol–water partition coefficient (Wildman–Crippen LogP) is 3.85. The van der Waals surface area contributed by atoms with Crippen LogP contribution in [0.15, 0.2) is 72.9 Å². The zero-order valence-corrected chi connectivity index (χ0v) is 15.5. The number of aromatic nitrogens is 2. The third-order valence-corrected chi connectivity index (χ3v) is 4.34. The van der Waals surface area contributed by atoms with Gasteiger partial charge in [-0.05, 0) is 60.7 Å². The number of hydrogen-bond acceptors (Lipinski definition) is 4. The van der Waals surface area contributed by atoms with Gasteiger partial charge in [0.2, 0.25) is 5.82 Å². The van der Waals surface area contributed by atoms with Crippen molar-refractivity contribution in [3.63, 3.8) is 0 Å². The van der Waals surface area contributed by atoms with Gasteiger partial charge < -0.3 is 10.6 Å². The molecule has 4 rings (SSSR count). The van der Waals surface area contributed by atoms with E-state index < -0.39 is 17.6 Å².